The van der Waals surface area contributed by atoms with Gasteiger partial charge in [-0.25, -0.2) is 0 Å². The zero-order valence-electron chi connectivity index (χ0n) is 23.5. The maximum Gasteiger partial charge on any atom is 0.319 e. The van der Waals surface area contributed by atoms with Crippen LogP contribution >= 0.6 is 0 Å². The summed E-state index contributed by atoms with van der Waals surface area (Å²) < 4.78 is 5.50. The van der Waals surface area contributed by atoms with Crippen molar-refractivity contribution in [3.05, 3.63) is 0 Å². The van der Waals surface area contributed by atoms with Gasteiger partial charge in [0.1, 0.15) is 11.2 Å². The molecule has 0 saturated heterocycles. The van der Waals surface area contributed by atoms with Gasteiger partial charge in [0.2, 0.25) is 0 Å². The van der Waals surface area contributed by atoms with E-state index in [1.807, 2.05) is 6.92 Å². The van der Waals surface area contributed by atoms with Gasteiger partial charge in [-0.05, 0) is 94.3 Å². The van der Waals surface area contributed by atoms with Crippen LogP contribution in [0.25, 0.3) is 0 Å². The second-order valence-electron chi connectivity index (χ2n) is 12.8. The standard InChI is InChI=1S/C32H56O3/c1-4-6-8-9-10-12-25-13-15-26(16-14-25)27-17-19-28(20-18-27)29-21-22-32(3,30(33)24-29)31(34)35-23-11-7-5-2/h25-29H,4-24H2,1-3H3/t25-,26-,27?,28?,29?,32-/m0/s1. The Morgan fingerprint density at radius 3 is 1.89 bits per heavy atom. The minimum absolute atomic E-state index is 0.143. The summed E-state index contributed by atoms with van der Waals surface area (Å²) in [6, 6.07) is 0. The highest BCUT2D eigenvalue weighted by Crippen LogP contribution is 2.47. The van der Waals surface area contributed by atoms with Gasteiger partial charge in [-0.2, -0.15) is 0 Å². The van der Waals surface area contributed by atoms with Crippen LogP contribution in [0.3, 0.4) is 0 Å². The van der Waals surface area contributed by atoms with Crippen molar-refractivity contribution in [3.8, 4) is 0 Å². The molecule has 0 aromatic carbocycles. The molecule has 0 amide bonds. The fraction of sp³-hybridized carbons (Fsp3) is 0.938. The summed E-state index contributed by atoms with van der Waals surface area (Å²) in [6.07, 6.45) is 25.2. The molecular weight excluding hydrogens is 432 g/mol. The molecule has 3 nitrogen and oxygen atoms in total. The number of carbonyl (C=O) groups is 2. The Balaban J connectivity index is 1.34. The largest absolute Gasteiger partial charge is 0.465 e. The van der Waals surface area contributed by atoms with Crippen molar-refractivity contribution in [2.24, 2.45) is 35.0 Å². The van der Waals surface area contributed by atoms with Crippen LogP contribution in [0.1, 0.15) is 149 Å². The fourth-order valence-electron chi connectivity index (χ4n) is 7.55. The quantitative estimate of drug-likeness (QED) is 0.147. The summed E-state index contributed by atoms with van der Waals surface area (Å²) in [5.41, 5.74) is -0.894. The van der Waals surface area contributed by atoms with Gasteiger partial charge < -0.3 is 4.74 Å². The third-order valence-corrected chi connectivity index (χ3v) is 10.3. The number of unbranched alkanes of at least 4 members (excludes halogenated alkanes) is 6. The summed E-state index contributed by atoms with van der Waals surface area (Å²) in [6.45, 7) is 6.74. The van der Waals surface area contributed by atoms with Gasteiger partial charge in [0.15, 0.2) is 0 Å². The van der Waals surface area contributed by atoms with Crippen LogP contribution in [0.15, 0.2) is 0 Å². The predicted molar refractivity (Wildman–Crippen MR) is 145 cm³/mol. The number of hydrogen-bond donors (Lipinski definition) is 0. The lowest BCUT2D eigenvalue weighted by atomic mass is 9.62. The fourth-order valence-corrected chi connectivity index (χ4v) is 7.55. The lowest BCUT2D eigenvalue weighted by molar-refractivity contribution is -0.162. The van der Waals surface area contributed by atoms with Crippen LogP contribution in [0.2, 0.25) is 0 Å². The Kier molecular flexibility index (Phi) is 12.1. The number of ether oxygens (including phenoxy) is 1. The van der Waals surface area contributed by atoms with E-state index in [0.717, 1.165) is 43.4 Å². The van der Waals surface area contributed by atoms with Crippen LogP contribution in [-0.4, -0.2) is 18.4 Å². The molecule has 3 saturated carbocycles. The molecule has 0 radical (unpaired) electrons. The van der Waals surface area contributed by atoms with E-state index in [2.05, 4.69) is 13.8 Å². The lowest BCUT2D eigenvalue weighted by Crippen LogP contribution is -2.44. The Labute approximate surface area is 216 Å². The predicted octanol–water partition coefficient (Wildman–Crippen LogP) is 9.07. The number of hydrogen-bond acceptors (Lipinski definition) is 3. The number of Topliss-reactive ketones (excluding diaryl/α,β-unsaturated/α-hetero) is 1. The minimum Gasteiger partial charge on any atom is -0.465 e. The third kappa shape index (κ3) is 8.32. The molecule has 0 aliphatic heterocycles. The third-order valence-electron chi connectivity index (χ3n) is 10.3. The number of carbonyl (C=O) groups excluding carboxylic acids is 2. The molecule has 0 N–H and O–H groups in total. The molecule has 0 aromatic rings. The van der Waals surface area contributed by atoms with Crippen LogP contribution in [0.5, 0.6) is 0 Å². The van der Waals surface area contributed by atoms with E-state index in [9.17, 15) is 9.59 Å². The first-order valence-electron chi connectivity index (χ1n) is 15.7. The van der Waals surface area contributed by atoms with Crippen LogP contribution in [-0.2, 0) is 14.3 Å². The van der Waals surface area contributed by atoms with Gasteiger partial charge in [-0.15, -0.1) is 0 Å². The highest BCUT2D eigenvalue weighted by Gasteiger charge is 2.47. The monoisotopic (exact) mass is 488 g/mol. The summed E-state index contributed by atoms with van der Waals surface area (Å²) in [5, 5.41) is 0. The number of esters is 1. The van der Waals surface area contributed by atoms with Crippen molar-refractivity contribution < 1.29 is 14.3 Å². The first-order valence-corrected chi connectivity index (χ1v) is 15.7. The van der Waals surface area contributed by atoms with Crippen LogP contribution in [0, 0.1) is 35.0 Å². The second-order valence-corrected chi connectivity index (χ2v) is 12.8. The molecule has 0 aromatic heterocycles. The number of ketones is 1. The van der Waals surface area contributed by atoms with Gasteiger partial charge in [0.05, 0.1) is 6.61 Å². The van der Waals surface area contributed by atoms with Crippen molar-refractivity contribution in [1.82, 2.24) is 0 Å². The average molecular weight is 489 g/mol. The molecular formula is C32H56O3. The first-order chi connectivity index (χ1) is 17.0. The van der Waals surface area contributed by atoms with Crippen molar-refractivity contribution >= 4 is 11.8 Å². The van der Waals surface area contributed by atoms with Gasteiger partial charge in [0.25, 0.3) is 0 Å². The molecule has 3 fully saturated rings. The molecule has 202 valence electrons. The molecule has 0 spiro atoms. The van der Waals surface area contributed by atoms with Crippen molar-refractivity contribution in [2.45, 2.75) is 149 Å². The smallest absolute Gasteiger partial charge is 0.319 e. The van der Waals surface area contributed by atoms with E-state index in [1.54, 1.807) is 0 Å². The van der Waals surface area contributed by atoms with E-state index < -0.39 is 5.41 Å². The highest BCUT2D eigenvalue weighted by atomic mass is 16.5. The minimum atomic E-state index is -0.894. The summed E-state index contributed by atoms with van der Waals surface area (Å²) in [5.74, 6) is 3.96. The topological polar surface area (TPSA) is 43.4 Å². The van der Waals surface area contributed by atoms with Gasteiger partial charge in [-0.1, -0.05) is 78.1 Å². The van der Waals surface area contributed by atoms with E-state index in [0.29, 0.717) is 31.3 Å². The molecule has 3 aliphatic rings. The highest BCUT2D eigenvalue weighted by molar-refractivity contribution is 6.04. The Morgan fingerprint density at radius 1 is 0.743 bits per heavy atom. The number of rotatable bonds is 13. The maximum atomic E-state index is 13.1. The summed E-state index contributed by atoms with van der Waals surface area (Å²) >= 11 is 0. The van der Waals surface area contributed by atoms with Crippen molar-refractivity contribution in [1.29, 1.82) is 0 Å². The Hall–Kier alpha value is -0.860. The zero-order chi connectivity index (χ0) is 25.1. The second kappa shape index (κ2) is 14.8. The van der Waals surface area contributed by atoms with Crippen LogP contribution < -0.4 is 0 Å². The van der Waals surface area contributed by atoms with E-state index in [1.165, 1.54) is 89.9 Å². The first kappa shape index (κ1) is 28.7. The van der Waals surface area contributed by atoms with E-state index in [-0.39, 0.29) is 11.8 Å². The zero-order valence-corrected chi connectivity index (χ0v) is 23.5. The summed E-state index contributed by atoms with van der Waals surface area (Å²) in [4.78, 5) is 25.7. The normalized spacial score (nSPS) is 34.0. The molecule has 0 bridgehead atoms. The molecule has 35 heavy (non-hydrogen) atoms. The SMILES string of the molecule is CCCCCCC[C@H]1CC[C@H](C2CCC(C3CC[C@](C)(C(=O)OCCCCC)C(=O)C3)CC2)CC1. The molecule has 1 unspecified atom stereocenters. The molecule has 2 atom stereocenters. The lowest BCUT2D eigenvalue weighted by Gasteiger charge is -2.42. The molecule has 3 rings (SSSR count). The van der Waals surface area contributed by atoms with Crippen LogP contribution in [0.4, 0.5) is 0 Å². The maximum absolute atomic E-state index is 13.1. The summed E-state index contributed by atoms with van der Waals surface area (Å²) in [7, 11) is 0. The van der Waals surface area contributed by atoms with Gasteiger partial charge in [0, 0.05) is 6.42 Å². The molecule has 0 heterocycles. The molecule has 3 heteroatoms. The Bertz CT molecular complexity index is 627. The molecule has 3 aliphatic carbocycles. The van der Waals surface area contributed by atoms with E-state index >= 15 is 0 Å². The Morgan fingerprint density at radius 2 is 1.29 bits per heavy atom. The van der Waals surface area contributed by atoms with Gasteiger partial charge in [-0.3, -0.25) is 9.59 Å². The average Bonchev–Trinajstić information content (AvgIpc) is 2.88. The van der Waals surface area contributed by atoms with Gasteiger partial charge >= 0.3 is 5.97 Å². The van der Waals surface area contributed by atoms with Crippen molar-refractivity contribution in [2.75, 3.05) is 6.61 Å². The van der Waals surface area contributed by atoms with E-state index in [4.69, 9.17) is 4.74 Å². The van der Waals surface area contributed by atoms with Crippen molar-refractivity contribution in [3.63, 3.8) is 0 Å².